The van der Waals surface area contributed by atoms with E-state index in [0.717, 1.165) is 0 Å². The number of amides is 1. The van der Waals surface area contributed by atoms with E-state index in [1.807, 2.05) is 24.3 Å². The summed E-state index contributed by atoms with van der Waals surface area (Å²) in [5.41, 5.74) is 1.25. The van der Waals surface area contributed by atoms with Gasteiger partial charge in [0.1, 0.15) is 0 Å². The topological polar surface area (TPSA) is 46.2 Å². The van der Waals surface area contributed by atoms with Gasteiger partial charge in [0, 0.05) is 11.3 Å². The number of nitrogens with one attached hydrogen (secondary N) is 1. The number of hydrogen-bond donors (Lipinski definition) is 1. The van der Waals surface area contributed by atoms with Gasteiger partial charge in [0.2, 0.25) is 5.91 Å². The number of rotatable bonds is 4. The van der Waals surface area contributed by atoms with Gasteiger partial charge in [0.05, 0.1) is 5.92 Å². The Morgan fingerprint density at radius 2 is 1.42 bits per heavy atom. The van der Waals surface area contributed by atoms with Crippen LogP contribution in [-0.2, 0) is 4.79 Å². The lowest BCUT2D eigenvalue weighted by atomic mass is 9.98. The van der Waals surface area contributed by atoms with Crippen LogP contribution in [0.5, 0.6) is 0 Å². The van der Waals surface area contributed by atoms with E-state index in [0.29, 0.717) is 11.3 Å². The molecule has 0 heterocycles. The smallest absolute Gasteiger partial charge is 0.235 e. The molecule has 0 spiro atoms. The van der Waals surface area contributed by atoms with Gasteiger partial charge in [0.15, 0.2) is 5.78 Å². The van der Waals surface area contributed by atoms with Gasteiger partial charge < -0.3 is 5.32 Å². The minimum atomic E-state index is -0.706. The highest BCUT2D eigenvalue weighted by Crippen LogP contribution is 2.12. The Morgan fingerprint density at radius 3 is 2.00 bits per heavy atom. The molecule has 0 aliphatic heterocycles. The van der Waals surface area contributed by atoms with Gasteiger partial charge in [-0.3, -0.25) is 9.59 Å². The monoisotopic (exact) mass is 253 g/mol. The molecule has 96 valence electrons. The van der Waals surface area contributed by atoms with Gasteiger partial charge in [-0.25, -0.2) is 0 Å². The summed E-state index contributed by atoms with van der Waals surface area (Å²) in [5, 5.41) is 2.73. The molecule has 0 aliphatic carbocycles. The molecule has 19 heavy (non-hydrogen) atoms. The summed E-state index contributed by atoms with van der Waals surface area (Å²) >= 11 is 0. The van der Waals surface area contributed by atoms with Crippen molar-refractivity contribution in [2.75, 3.05) is 5.32 Å². The number of carbonyl (C=O) groups excluding carboxylic acids is 2. The highest BCUT2D eigenvalue weighted by atomic mass is 16.2. The van der Waals surface area contributed by atoms with Crippen molar-refractivity contribution in [3.63, 3.8) is 0 Å². The lowest BCUT2D eigenvalue weighted by Gasteiger charge is -2.11. The minimum absolute atomic E-state index is 0.172. The molecule has 1 unspecified atom stereocenters. The van der Waals surface area contributed by atoms with Gasteiger partial charge >= 0.3 is 0 Å². The summed E-state index contributed by atoms with van der Waals surface area (Å²) in [6.45, 7) is 1.62. The number of Topliss-reactive ketones (excluding diaryl/α,β-unsaturated/α-hetero) is 1. The normalized spacial score (nSPS) is 11.6. The van der Waals surface area contributed by atoms with Crippen LogP contribution < -0.4 is 5.32 Å². The van der Waals surface area contributed by atoms with E-state index in [9.17, 15) is 9.59 Å². The standard InChI is InChI=1S/C16H15NO2/c1-12(15(18)13-8-4-2-5-9-13)16(19)17-14-10-6-3-7-11-14/h2-12H,1H3,(H,17,19). The molecular weight excluding hydrogens is 238 g/mol. The van der Waals surface area contributed by atoms with Crippen molar-refractivity contribution in [2.45, 2.75) is 6.92 Å². The van der Waals surface area contributed by atoms with Crippen LogP contribution in [0.3, 0.4) is 0 Å². The SMILES string of the molecule is CC(C(=O)Nc1ccccc1)C(=O)c1ccccc1. The first kappa shape index (κ1) is 13.0. The van der Waals surface area contributed by atoms with Crippen molar-refractivity contribution in [3.05, 3.63) is 66.2 Å². The van der Waals surface area contributed by atoms with Crippen LogP contribution in [0.1, 0.15) is 17.3 Å². The molecule has 0 saturated carbocycles. The highest BCUT2D eigenvalue weighted by molar-refractivity contribution is 6.13. The lowest BCUT2D eigenvalue weighted by Crippen LogP contribution is -2.27. The quantitative estimate of drug-likeness (QED) is 0.672. The van der Waals surface area contributed by atoms with E-state index in [4.69, 9.17) is 0 Å². The van der Waals surface area contributed by atoms with Crippen LogP contribution in [0.4, 0.5) is 5.69 Å². The Bertz CT molecular complexity index is 564. The lowest BCUT2D eigenvalue weighted by molar-refractivity contribution is -0.118. The summed E-state index contributed by atoms with van der Waals surface area (Å²) in [6.07, 6.45) is 0. The van der Waals surface area contributed by atoms with Crippen LogP contribution in [0.15, 0.2) is 60.7 Å². The van der Waals surface area contributed by atoms with E-state index in [1.54, 1.807) is 43.3 Å². The maximum absolute atomic E-state index is 12.1. The molecule has 1 amide bonds. The molecular formula is C16H15NO2. The van der Waals surface area contributed by atoms with E-state index in [1.165, 1.54) is 0 Å². The number of benzene rings is 2. The second-order valence-corrected chi connectivity index (χ2v) is 4.31. The molecule has 0 bridgehead atoms. The Labute approximate surface area is 112 Å². The number of carbonyl (C=O) groups is 2. The number of para-hydroxylation sites is 1. The van der Waals surface area contributed by atoms with Crippen LogP contribution in [0, 0.1) is 5.92 Å². The van der Waals surface area contributed by atoms with Gasteiger partial charge in [-0.05, 0) is 19.1 Å². The predicted molar refractivity (Wildman–Crippen MR) is 75.0 cm³/mol. The van der Waals surface area contributed by atoms with E-state index in [-0.39, 0.29) is 11.7 Å². The van der Waals surface area contributed by atoms with Crippen LogP contribution >= 0.6 is 0 Å². The maximum Gasteiger partial charge on any atom is 0.235 e. The fourth-order valence-electron chi connectivity index (χ4n) is 1.74. The molecule has 3 heteroatoms. The molecule has 0 aliphatic rings. The van der Waals surface area contributed by atoms with Gasteiger partial charge in [-0.15, -0.1) is 0 Å². The third kappa shape index (κ3) is 3.28. The predicted octanol–water partition coefficient (Wildman–Crippen LogP) is 3.14. The highest BCUT2D eigenvalue weighted by Gasteiger charge is 2.22. The summed E-state index contributed by atoms with van der Waals surface area (Å²) in [4.78, 5) is 24.1. The summed E-state index contributed by atoms with van der Waals surface area (Å²) in [6, 6.07) is 18.0. The van der Waals surface area contributed by atoms with Crippen molar-refractivity contribution in [1.29, 1.82) is 0 Å². The van der Waals surface area contributed by atoms with Crippen molar-refractivity contribution in [1.82, 2.24) is 0 Å². The molecule has 2 rings (SSSR count). The average Bonchev–Trinajstić information content (AvgIpc) is 2.47. The number of hydrogen-bond acceptors (Lipinski definition) is 2. The Balaban J connectivity index is 2.06. The minimum Gasteiger partial charge on any atom is -0.325 e. The fourth-order valence-corrected chi connectivity index (χ4v) is 1.74. The first-order chi connectivity index (χ1) is 9.18. The maximum atomic E-state index is 12.1. The zero-order valence-electron chi connectivity index (χ0n) is 10.7. The Kier molecular flexibility index (Phi) is 4.08. The average molecular weight is 253 g/mol. The van der Waals surface area contributed by atoms with Crippen molar-refractivity contribution in [3.8, 4) is 0 Å². The summed E-state index contributed by atoms with van der Waals surface area (Å²) in [5.74, 6) is -1.17. The Morgan fingerprint density at radius 1 is 0.895 bits per heavy atom. The molecule has 0 radical (unpaired) electrons. The second kappa shape index (κ2) is 5.96. The largest absolute Gasteiger partial charge is 0.325 e. The van der Waals surface area contributed by atoms with E-state index < -0.39 is 5.92 Å². The van der Waals surface area contributed by atoms with Crippen LogP contribution in [-0.4, -0.2) is 11.7 Å². The van der Waals surface area contributed by atoms with E-state index >= 15 is 0 Å². The van der Waals surface area contributed by atoms with Gasteiger partial charge in [-0.1, -0.05) is 48.5 Å². The third-order valence-corrected chi connectivity index (χ3v) is 2.89. The molecule has 2 aromatic rings. The zero-order chi connectivity index (χ0) is 13.7. The molecule has 1 atom stereocenters. The zero-order valence-corrected chi connectivity index (χ0v) is 10.7. The third-order valence-electron chi connectivity index (χ3n) is 2.89. The van der Waals surface area contributed by atoms with Crippen molar-refractivity contribution in [2.24, 2.45) is 5.92 Å². The molecule has 0 aromatic heterocycles. The van der Waals surface area contributed by atoms with Crippen LogP contribution in [0.2, 0.25) is 0 Å². The first-order valence-corrected chi connectivity index (χ1v) is 6.13. The molecule has 0 fully saturated rings. The van der Waals surface area contributed by atoms with Crippen LogP contribution in [0.25, 0.3) is 0 Å². The summed E-state index contributed by atoms with van der Waals surface area (Å²) < 4.78 is 0. The van der Waals surface area contributed by atoms with Crippen molar-refractivity contribution < 1.29 is 9.59 Å². The van der Waals surface area contributed by atoms with Gasteiger partial charge in [0.25, 0.3) is 0 Å². The number of anilines is 1. The molecule has 0 saturated heterocycles. The molecule has 1 N–H and O–H groups in total. The van der Waals surface area contributed by atoms with E-state index in [2.05, 4.69) is 5.32 Å². The fraction of sp³-hybridized carbons (Fsp3) is 0.125. The first-order valence-electron chi connectivity index (χ1n) is 6.13. The van der Waals surface area contributed by atoms with Crippen molar-refractivity contribution >= 4 is 17.4 Å². The molecule has 2 aromatic carbocycles. The Hall–Kier alpha value is -2.42. The number of ketones is 1. The molecule has 3 nitrogen and oxygen atoms in total. The summed E-state index contributed by atoms with van der Waals surface area (Å²) in [7, 11) is 0. The van der Waals surface area contributed by atoms with Gasteiger partial charge in [-0.2, -0.15) is 0 Å². The second-order valence-electron chi connectivity index (χ2n) is 4.31.